The molecule has 1 nitrogen and oxygen atoms in total. The van der Waals surface area contributed by atoms with Gasteiger partial charge in [-0.05, 0) is 43.4 Å². The van der Waals surface area contributed by atoms with Gasteiger partial charge in [0, 0.05) is 6.20 Å². The summed E-state index contributed by atoms with van der Waals surface area (Å²) in [6.07, 6.45) is 15.0. The minimum absolute atomic E-state index is 0.580. The molecule has 1 unspecified atom stereocenters. The zero-order valence-corrected chi connectivity index (χ0v) is 9.63. The SMILES string of the molecule is CC=CCC1CC=CC=C1c1ccccn1. The van der Waals surface area contributed by atoms with Crippen LogP contribution >= 0.6 is 0 Å². The lowest BCUT2D eigenvalue weighted by Gasteiger charge is -2.19. The summed E-state index contributed by atoms with van der Waals surface area (Å²) in [7, 11) is 0. The summed E-state index contributed by atoms with van der Waals surface area (Å²) in [6.45, 7) is 2.07. The summed E-state index contributed by atoms with van der Waals surface area (Å²) in [5, 5.41) is 0. The first-order valence-corrected chi connectivity index (χ1v) is 5.81. The fourth-order valence-electron chi connectivity index (χ4n) is 2.03. The Morgan fingerprint density at radius 3 is 3.12 bits per heavy atom. The van der Waals surface area contributed by atoms with Crippen LogP contribution in [0.25, 0.3) is 5.57 Å². The van der Waals surface area contributed by atoms with E-state index in [0.29, 0.717) is 5.92 Å². The topological polar surface area (TPSA) is 12.9 Å². The van der Waals surface area contributed by atoms with Crippen LogP contribution in [0.5, 0.6) is 0 Å². The van der Waals surface area contributed by atoms with Gasteiger partial charge in [0.15, 0.2) is 0 Å². The van der Waals surface area contributed by atoms with Gasteiger partial charge in [0.05, 0.1) is 5.69 Å². The summed E-state index contributed by atoms with van der Waals surface area (Å²) >= 11 is 0. The molecule has 1 aromatic heterocycles. The highest BCUT2D eigenvalue weighted by Gasteiger charge is 2.16. The number of aromatic nitrogens is 1. The van der Waals surface area contributed by atoms with Crippen LogP contribution < -0.4 is 0 Å². The van der Waals surface area contributed by atoms with E-state index in [9.17, 15) is 0 Å². The van der Waals surface area contributed by atoms with E-state index in [2.05, 4.69) is 48.4 Å². The van der Waals surface area contributed by atoms with Gasteiger partial charge >= 0.3 is 0 Å². The summed E-state index contributed by atoms with van der Waals surface area (Å²) in [6, 6.07) is 6.10. The molecule has 0 saturated heterocycles. The number of nitrogens with zero attached hydrogens (tertiary/aromatic N) is 1. The van der Waals surface area contributed by atoms with Gasteiger partial charge in [-0.15, -0.1) is 0 Å². The zero-order chi connectivity index (χ0) is 11.2. The van der Waals surface area contributed by atoms with Crippen LogP contribution in [0.15, 0.2) is 54.8 Å². The summed E-state index contributed by atoms with van der Waals surface area (Å²) in [5.41, 5.74) is 2.47. The van der Waals surface area contributed by atoms with Crippen molar-refractivity contribution < 1.29 is 0 Å². The van der Waals surface area contributed by atoms with Crippen molar-refractivity contribution in [3.8, 4) is 0 Å². The van der Waals surface area contributed by atoms with E-state index in [1.54, 1.807) is 0 Å². The second-order valence-electron chi connectivity index (χ2n) is 4.00. The first-order chi connectivity index (χ1) is 7.92. The molecule has 0 N–H and O–H groups in total. The quantitative estimate of drug-likeness (QED) is 0.688. The summed E-state index contributed by atoms with van der Waals surface area (Å²) in [5.74, 6) is 0.580. The van der Waals surface area contributed by atoms with Gasteiger partial charge in [0.25, 0.3) is 0 Å². The second kappa shape index (κ2) is 5.45. The van der Waals surface area contributed by atoms with E-state index >= 15 is 0 Å². The standard InChI is InChI=1S/C15H17N/c1-2-3-8-13-9-4-5-10-14(13)15-11-6-7-12-16-15/h2-7,10-13H,8-9H2,1H3. The predicted octanol–water partition coefficient (Wildman–Crippen LogP) is 4.01. The Hall–Kier alpha value is -1.63. The molecule has 0 amide bonds. The fraction of sp³-hybridized carbons (Fsp3) is 0.267. The van der Waals surface area contributed by atoms with E-state index in [1.807, 2.05) is 18.3 Å². The summed E-state index contributed by atoms with van der Waals surface area (Å²) in [4.78, 5) is 4.43. The molecule has 0 aliphatic heterocycles. The second-order valence-corrected chi connectivity index (χ2v) is 4.00. The highest BCUT2D eigenvalue weighted by Crippen LogP contribution is 2.31. The lowest BCUT2D eigenvalue weighted by molar-refractivity contribution is 0.686. The van der Waals surface area contributed by atoms with Gasteiger partial charge < -0.3 is 0 Å². The average molecular weight is 211 g/mol. The third kappa shape index (κ3) is 2.48. The number of rotatable bonds is 3. The Bertz CT molecular complexity index is 412. The molecule has 1 atom stereocenters. The maximum absolute atomic E-state index is 4.43. The fourth-order valence-corrected chi connectivity index (χ4v) is 2.03. The van der Waals surface area contributed by atoms with E-state index in [1.165, 1.54) is 5.57 Å². The van der Waals surface area contributed by atoms with E-state index in [0.717, 1.165) is 18.5 Å². The molecule has 1 aliphatic carbocycles. The molecule has 0 radical (unpaired) electrons. The lowest BCUT2D eigenvalue weighted by Crippen LogP contribution is -2.05. The maximum Gasteiger partial charge on any atom is 0.0664 e. The Labute approximate surface area is 97.2 Å². The van der Waals surface area contributed by atoms with Crippen LogP contribution in [0.1, 0.15) is 25.5 Å². The van der Waals surface area contributed by atoms with Crippen molar-refractivity contribution in [1.29, 1.82) is 0 Å². The number of hydrogen-bond acceptors (Lipinski definition) is 1. The molecule has 16 heavy (non-hydrogen) atoms. The van der Waals surface area contributed by atoms with Gasteiger partial charge in [-0.1, -0.05) is 36.4 Å². The van der Waals surface area contributed by atoms with Crippen molar-refractivity contribution in [3.05, 3.63) is 60.5 Å². The van der Waals surface area contributed by atoms with Crippen molar-refractivity contribution in [2.24, 2.45) is 5.92 Å². The molecule has 0 aromatic carbocycles. The van der Waals surface area contributed by atoms with Crippen molar-refractivity contribution in [3.63, 3.8) is 0 Å². The lowest BCUT2D eigenvalue weighted by atomic mass is 9.86. The molecule has 0 saturated carbocycles. The Balaban J connectivity index is 2.23. The van der Waals surface area contributed by atoms with Crippen molar-refractivity contribution in [2.45, 2.75) is 19.8 Å². The van der Waals surface area contributed by atoms with Crippen molar-refractivity contribution in [2.75, 3.05) is 0 Å². The van der Waals surface area contributed by atoms with E-state index < -0.39 is 0 Å². The largest absolute Gasteiger partial charge is 0.257 e. The molecule has 1 aliphatic rings. The monoisotopic (exact) mass is 211 g/mol. The molecular weight excluding hydrogens is 194 g/mol. The third-order valence-electron chi connectivity index (χ3n) is 2.89. The normalized spacial score (nSPS) is 20.1. The number of allylic oxidation sites excluding steroid dienone is 6. The first-order valence-electron chi connectivity index (χ1n) is 5.81. The third-order valence-corrected chi connectivity index (χ3v) is 2.89. The molecule has 0 fully saturated rings. The smallest absolute Gasteiger partial charge is 0.0664 e. The highest BCUT2D eigenvalue weighted by molar-refractivity contribution is 5.67. The van der Waals surface area contributed by atoms with Crippen LogP contribution in [0.2, 0.25) is 0 Å². The minimum Gasteiger partial charge on any atom is -0.257 e. The van der Waals surface area contributed by atoms with Gasteiger partial charge in [-0.25, -0.2) is 0 Å². The molecule has 82 valence electrons. The Morgan fingerprint density at radius 2 is 2.38 bits per heavy atom. The maximum atomic E-state index is 4.43. The van der Waals surface area contributed by atoms with Crippen molar-refractivity contribution in [1.82, 2.24) is 4.98 Å². The van der Waals surface area contributed by atoms with Crippen LogP contribution in [0, 0.1) is 5.92 Å². The van der Waals surface area contributed by atoms with Gasteiger partial charge in [0.2, 0.25) is 0 Å². The molecular formula is C15H17N. The van der Waals surface area contributed by atoms with Crippen LogP contribution in [0.3, 0.4) is 0 Å². The number of hydrogen-bond donors (Lipinski definition) is 0. The Morgan fingerprint density at radius 1 is 1.44 bits per heavy atom. The molecule has 1 heteroatoms. The number of pyridine rings is 1. The van der Waals surface area contributed by atoms with Gasteiger partial charge in [0.1, 0.15) is 0 Å². The van der Waals surface area contributed by atoms with Crippen molar-refractivity contribution >= 4 is 5.57 Å². The average Bonchev–Trinajstić information content (AvgIpc) is 2.38. The molecule has 2 rings (SSSR count). The van der Waals surface area contributed by atoms with Crippen LogP contribution in [0.4, 0.5) is 0 Å². The van der Waals surface area contributed by atoms with Gasteiger partial charge in [-0.2, -0.15) is 0 Å². The van der Waals surface area contributed by atoms with Crippen LogP contribution in [-0.4, -0.2) is 4.98 Å². The first kappa shape index (κ1) is 10.9. The van der Waals surface area contributed by atoms with Crippen LogP contribution in [-0.2, 0) is 0 Å². The highest BCUT2D eigenvalue weighted by atomic mass is 14.7. The predicted molar refractivity (Wildman–Crippen MR) is 68.9 cm³/mol. The molecule has 0 spiro atoms. The van der Waals surface area contributed by atoms with Gasteiger partial charge in [-0.3, -0.25) is 4.98 Å². The molecule has 0 bridgehead atoms. The summed E-state index contributed by atoms with van der Waals surface area (Å²) < 4.78 is 0. The molecule has 1 aromatic rings. The van der Waals surface area contributed by atoms with E-state index in [-0.39, 0.29) is 0 Å². The zero-order valence-electron chi connectivity index (χ0n) is 9.63. The van der Waals surface area contributed by atoms with E-state index in [4.69, 9.17) is 0 Å². The minimum atomic E-state index is 0.580. The molecule has 1 heterocycles. The Kier molecular flexibility index (Phi) is 3.71.